The van der Waals surface area contributed by atoms with Crippen molar-refractivity contribution in [3.8, 4) is 0 Å². The van der Waals surface area contributed by atoms with Crippen LogP contribution in [-0.4, -0.2) is 40.5 Å². The largest absolute Gasteiger partial charge is 0.462 e. The second-order valence-electron chi connectivity index (χ2n) is 10.6. The van der Waals surface area contributed by atoms with Gasteiger partial charge in [0.15, 0.2) is 0 Å². The first-order valence-electron chi connectivity index (χ1n) is 11.2. The zero-order chi connectivity index (χ0) is 21.2. The molecule has 0 bridgehead atoms. The number of aliphatic hydroxyl groups is 1. The number of nitrogens with one attached hydrogen (secondary N) is 1. The van der Waals surface area contributed by atoms with Gasteiger partial charge in [0, 0.05) is 32.1 Å². The lowest BCUT2D eigenvalue weighted by Crippen LogP contribution is -2.75. The highest BCUT2D eigenvalue weighted by molar-refractivity contribution is 5.87. The van der Waals surface area contributed by atoms with Crippen LogP contribution in [0.3, 0.4) is 0 Å². The molecule has 0 radical (unpaired) electrons. The molecule has 4 rings (SSSR count). The number of amides is 1. The number of hydrogen-bond acceptors (Lipinski definition) is 5. The van der Waals surface area contributed by atoms with Crippen LogP contribution in [0.4, 0.5) is 0 Å². The number of aliphatic hydroxyl groups excluding tert-OH is 1. The van der Waals surface area contributed by atoms with Crippen LogP contribution in [0.25, 0.3) is 0 Å². The minimum atomic E-state index is -0.797. The third-order valence-corrected chi connectivity index (χ3v) is 9.31. The predicted octanol–water partition coefficient (Wildman–Crippen LogP) is 2.76. The topological polar surface area (TPSA) is 92.7 Å². The third-order valence-electron chi connectivity index (χ3n) is 9.31. The van der Waals surface area contributed by atoms with Crippen molar-refractivity contribution in [3.05, 3.63) is 0 Å². The Kier molecular flexibility index (Phi) is 4.88. The standard InChI is InChI=1S/C23H35NO5/c1-13(25)24-23-12-15(29-14(2)26)7-10-22(23,4)18-8-9-21(3)17(5-6-19(21)27)16(18)11-20(23)28/h15-18,20,28H,5-12H2,1-4H3,(H,24,25)/t15-,16-,17-,18-,20+,21-,22+,23-/m0/s1. The lowest BCUT2D eigenvalue weighted by molar-refractivity contribution is -0.200. The van der Waals surface area contributed by atoms with Crippen LogP contribution in [0.15, 0.2) is 0 Å². The van der Waals surface area contributed by atoms with E-state index in [0.29, 0.717) is 42.8 Å². The molecule has 29 heavy (non-hydrogen) atoms. The summed E-state index contributed by atoms with van der Waals surface area (Å²) >= 11 is 0. The number of ketones is 1. The van der Waals surface area contributed by atoms with E-state index in [4.69, 9.17) is 4.74 Å². The number of Topliss-reactive ketones (excluding diaryl/α,β-unsaturated/α-hetero) is 1. The monoisotopic (exact) mass is 405 g/mol. The van der Waals surface area contributed by atoms with E-state index in [2.05, 4.69) is 19.2 Å². The van der Waals surface area contributed by atoms with E-state index >= 15 is 0 Å². The van der Waals surface area contributed by atoms with Crippen LogP contribution in [0.1, 0.15) is 79.1 Å². The lowest BCUT2D eigenvalue weighted by atomic mass is 9.42. The third kappa shape index (κ3) is 2.88. The van der Waals surface area contributed by atoms with Crippen LogP contribution in [0, 0.1) is 28.6 Å². The number of hydrogen-bond donors (Lipinski definition) is 2. The quantitative estimate of drug-likeness (QED) is 0.689. The molecule has 6 heteroatoms. The maximum absolute atomic E-state index is 12.6. The van der Waals surface area contributed by atoms with Crippen molar-refractivity contribution in [2.75, 3.05) is 0 Å². The van der Waals surface area contributed by atoms with E-state index in [1.165, 1.54) is 13.8 Å². The van der Waals surface area contributed by atoms with Crippen molar-refractivity contribution in [1.29, 1.82) is 0 Å². The average molecular weight is 406 g/mol. The van der Waals surface area contributed by atoms with Gasteiger partial charge in [-0.05, 0) is 61.7 Å². The highest BCUT2D eigenvalue weighted by Gasteiger charge is 2.68. The Labute approximate surface area is 173 Å². The summed E-state index contributed by atoms with van der Waals surface area (Å²) in [6.45, 7) is 7.25. The molecule has 4 aliphatic rings. The van der Waals surface area contributed by atoms with E-state index in [-0.39, 0.29) is 28.8 Å². The molecule has 2 N–H and O–H groups in total. The summed E-state index contributed by atoms with van der Waals surface area (Å²) in [6, 6.07) is 0. The fourth-order valence-electron chi connectivity index (χ4n) is 7.97. The van der Waals surface area contributed by atoms with Gasteiger partial charge in [-0.25, -0.2) is 0 Å². The Hall–Kier alpha value is -1.43. The summed E-state index contributed by atoms with van der Waals surface area (Å²) in [4.78, 5) is 36.5. The Morgan fingerprint density at radius 3 is 2.48 bits per heavy atom. The molecule has 0 unspecified atom stereocenters. The molecule has 0 aliphatic heterocycles. The van der Waals surface area contributed by atoms with Crippen molar-refractivity contribution < 1.29 is 24.2 Å². The van der Waals surface area contributed by atoms with E-state index in [1.807, 2.05) is 0 Å². The molecule has 6 nitrogen and oxygen atoms in total. The zero-order valence-corrected chi connectivity index (χ0v) is 18.1. The minimum absolute atomic E-state index is 0.158. The van der Waals surface area contributed by atoms with Gasteiger partial charge in [-0.1, -0.05) is 13.8 Å². The van der Waals surface area contributed by atoms with E-state index in [9.17, 15) is 19.5 Å². The number of fused-ring (bicyclic) bond motifs is 5. The van der Waals surface area contributed by atoms with Crippen molar-refractivity contribution >= 4 is 17.7 Å². The highest BCUT2D eigenvalue weighted by atomic mass is 16.5. The van der Waals surface area contributed by atoms with Crippen LogP contribution in [0.5, 0.6) is 0 Å². The molecule has 0 saturated heterocycles. The molecule has 0 heterocycles. The van der Waals surface area contributed by atoms with Gasteiger partial charge < -0.3 is 15.2 Å². The Morgan fingerprint density at radius 2 is 1.83 bits per heavy atom. The van der Waals surface area contributed by atoms with Crippen LogP contribution >= 0.6 is 0 Å². The molecule has 1 amide bonds. The first-order chi connectivity index (χ1) is 13.5. The Balaban J connectivity index is 1.72. The van der Waals surface area contributed by atoms with Crippen LogP contribution < -0.4 is 5.32 Å². The molecule has 4 saturated carbocycles. The lowest BCUT2D eigenvalue weighted by Gasteiger charge is -2.66. The summed E-state index contributed by atoms with van der Waals surface area (Å²) in [7, 11) is 0. The summed E-state index contributed by atoms with van der Waals surface area (Å²) in [5.74, 6) is 0.874. The van der Waals surface area contributed by atoms with Crippen LogP contribution in [-0.2, 0) is 19.1 Å². The number of carbonyl (C=O) groups is 3. The first-order valence-corrected chi connectivity index (χ1v) is 11.2. The van der Waals surface area contributed by atoms with Gasteiger partial charge in [-0.15, -0.1) is 0 Å². The normalized spacial score (nSPS) is 48.9. The van der Waals surface area contributed by atoms with Gasteiger partial charge in [0.1, 0.15) is 11.9 Å². The van der Waals surface area contributed by atoms with Crippen molar-refractivity contribution in [1.82, 2.24) is 5.32 Å². The zero-order valence-electron chi connectivity index (χ0n) is 18.1. The van der Waals surface area contributed by atoms with E-state index in [0.717, 1.165) is 32.1 Å². The van der Waals surface area contributed by atoms with Gasteiger partial charge in [-0.2, -0.15) is 0 Å². The number of carbonyl (C=O) groups excluding carboxylic acids is 3. The van der Waals surface area contributed by atoms with E-state index in [1.54, 1.807) is 0 Å². The van der Waals surface area contributed by atoms with Gasteiger partial charge in [0.25, 0.3) is 0 Å². The SMILES string of the molecule is CC(=O)N[C@]12C[C@@H](OC(C)=O)CC[C@]1(C)[C@H]1CC[C@]3(C)C(=O)CC[C@H]3[C@@H]1C[C@H]2O. The summed E-state index contributed by atoms with van der Waals surface area (Å²) in [5, 5.41) is 14.6. The molecule has 0 aromatic rings. The Bertz CT molecular complexity index is 737. The van der Waals surface area contributed by atoms with Gasteiger partial charge >= 0.3 is 5.97 Å². The fraction of sp³-hybridized carbons (Fsp3) is 0.870. The molecule has 8 atom stereocenters. The summed E-state index contributed by atoms with van der Waals surface area (Å²) in [6.07, 6.45) is 5.00. The van der Waals surface area contributed by atoms with Crippen molar-refractivity contribution in [3.63, 3.8) is 0 Å². The molecule has 0 aromatic heterocycles. The van der Waals surface area contributed by atoms with Gasteiger partial charge in [0.2, 0.25) is 5.91 Å². The maximum Gasteiger partial charge on any atom is 0.302 e. The Morgan fingerprint density at radius 1 is 1.10 bits per heavy atom. The van der Waals surface area contributed by atoms with Gasteiger partial charge in [0.05, 0.1) is 11.6 Å². The number of esters is 1. The highest BCUT2D eigenvalue weighted by Crippen LogP contribution is 2.66. The fourth-order valence-corrected chi connectivity index (χ4v) is 7.97. The smallest absolute Gasteiger partial charge is 0.302 e. The van der Waals surface area contributed by atoms with Gasteiger partial charge in [-0.3, -0.25) is 14.4 Å². The summed E-state index contributed by atoms with van der Waals surface area (Å²) < 4.78 is 5.53. The molecule has 0 aromatic carbocycles. The van der Waals surface area contributed by atoms with E-state index < -0.39 is 11.6 Å². The van der Waals surface area contributed by atoms with Crippen molar-refractivity contribution in [2.45, 2.75) is 96.8 Å². The molecule has 162 valence electrons. The first kappa shape index (κ1) is 20.8. The number of ether oxygens (including phenoxy) is 1. The second-order valence-corrected chi connectivity index (χ2v) is 10.6. The maximum atomic E-state index is 12.6. The summed E-state index contributed by atoms with van der Waals surface area (Å²) in [5.41, 5.74) is -1.33. The minimum Gasteiger partial charge on any atom is -0.462 e. The predicted molar refractivity (Wildman–Crippen MR) is 107 cm³/mol. The molecular formula is C23H35NO5. The average Bonchev–Trinajstić information content (AvgIpc) is 2.92. The van der Waals surface area contributed by atoms with Crippen molar-refractivity contribution in [2.24, 2.45) is 28.6 Å². The van der Waals surface area contributed by atoms with Crippen LogP contribution in [0.2, 0.25) is 0 Å². The molecule has 4 fully saturated rings. The molecule has 0 spiro atoms. The number of rotatable bonds is 2. The second kappa shape index (κ2) is 6.79. The molecular weight excluding hydrogens is 370 g/mol. The molecule has 4 aliphatic carbocycles.